The van der Waals surface area contributed by atoms with Gasteiger partial charge in [-0.25, -0.2) is 20.0 Å². The molecule has 0 radical (unpaired) electrons. The highest BCUT2D eigenvalue weighted by Gasteiger charge is 2.35. The number of hydrogen-bond donors (Lipinski definition) is 2. The topological polar surface area (TPSA) is 136 Å². The first-order valence-corrected chi connectivity index (χ1v) is 14.2. The molecule has 1 aliphatic rings. The zero-order valence-electron chi connectivity index (χ0n) is 22.4. The van der Waals surface area contributed by atoms with Gasteiger partial charge < -0.3 is 24.3 Å². The summed E-state index contributed by atoms with van der Waals surface area (Å²) in [5, 5.41) is 5.20. The SMILES string of the molecule is CC(C)OC(=O)C(C)NP(Oc1cccc2ccccc12)OC(C)C1CCC(n2cnc3c(N)ncnc32)O1. The average Bonchev–Trinajstić information content (AvgIpc) is 3.57. The Hall–Kier alpha value is -3.37. The number of benzene rings is 2. The van der Waals surface area contributed by atoms with Gasteiger partial charge in [-0.2, -0.15) is 0 Å². The van der Waals surface area contributed by atoms with Crippen LogP contribution in [-0.2, 0) is 18.8 Å². The second-order valence-corrected chi connectivity index (χ2v) is 10.9. The summed E-state index contributed by atoms with van der Waals surface area (Å²) in [6, 6.07) is 13.2. The second kappa shape index (κ2) is 11.8. The van der Waals surface area contributed by atoms with Crippen LogP contribution < -0.4 is 15.3 Å². The van der Waals surface area contributed by atoms with Crippen molar-refractivity contribution >= 4 is 42.2 Å². The van der Waals surface area contributed by atoms with E-state index in [0.29, 0.717) is 22.7 Å². The number of nitrogen functional groups attached to an aromatic ring is 1. The van der Waals surface area contributed by atoms with Gasteiger partial charge in [-0.3, -0.25) is 9.36 Å². The summed E-state index contributed by atoms with van der Waals surface area (Å²) in [5.41, 5.74) is 7.12. The van der Waals surface area contributed by atoms with E-state index >= 15 is 0 Å². The molecule has 2 aromatic carbocycles. The molecule has 0 saturated carbocycles. The van der Waals surface area contributed by atoms with Gasteiger partial charge in [0.25, 0.3) is 0 Å². The van der Waals surface area contributed by atoms with Crippen LogP contribution >= 0.6 is 8.53 Å². The van der Waals surface area contributed by atoms with Gasteiger partial charge in [0, 0.05) is 5.39 Å². The number of fused-ring (bicyclic) bond motifs is 2. The number of rotatable bonds is 10. The molecule has 12 heteroatoms. The third-order valence-electron chi connectivity index (χ3n) is 6.45. The van der Waals surface area contributed by atoms with Crippen LogP contribution in [0.25, 0.3) is 21.9 Å². The van der Waals surface area contributed by atoms with Crippen molar-refractivity contribution in [3.63, 3.8) is 0 Å². The summed E-state index contributed by atoms with van der Waals surface area (Å²) in [6.45, 7) is 7.31. The van der Waals surface area contributed by atoms with Gasteiger partial charge >= 0.3 is 14.5 Å². The highest BCUT2D eigenvalue weighted by atomic mass is 31.2. The molecule has 0 bridgehead atoms. The highest BCUT2D eigenvalue weighted by Crippen LogP contribution is 2.43. The average molecular weight is 553 g/mol. The van der Waals surface area contributed by atoms with Crippen molar-refractivity contribution in [3.05, 3.63) is 55.1 Å². The molecule has 1 fully saturated rings. The molecule has 4 aromatic rings. The molecule has 2 aromatic heterocycles. The lowest BCUT2D eigenvalue weighted by molar-refractivity contribution is -0.149. The van der Waals surface area contributed by atoms with Crippen LogP contribution in [0, 0.1) is 0 Å². The monoisotopic (exact) mass is 552 g/mol. The first-order valence-electron chi connectivity index (χ1n) is 13.0. The van der Waals surface area contributed by atoms with Crippen LogP contribution in [0.4, 0.5) is 5.82 Å². The molecule has 1 saturated heterocycles. The van der Waals surface area contributed by atoms with Gasteiger partial charge in [0.1, 0.15) is 29.9 Å². The van der Waals surface area contributed by atoms with Crippen molar-refractivity contribution in [3.8, 4) is 5.75 Å². The van der Waals surface area contributed by atoms with Gasteiger partial charge in [0.05, 0.1) is 24.6 Å². The fourth-order valence-corrected chi connectivity index (χ4v) is 5.84. The van der Waals surface area contributed by atoms with Crippen molar-refractivity contribution in [2.24, 2.45) is 0 Å². The highest BCUT2D eigenvalue weighted by molar-refractivity contribution is 7.45. The molecule has 39 heavy (non-hydrogen) atoms. The molecule has 206 valence electrons. The lowest BCUT2D eigenvalue weighted by Crippen LogP contribution is -2.36. The smallest absolute Gasteiger partial charge is 0.323 e. The third-order valence-corrected chi connectivity index (χ3v) is 7.93. The van der Waals surface area contributed by atoms with Crippen LogP contribution in [0.1, 0.15) is 46.8 Å². The Kier molecular flexibility index (Phi) is 8.23. The van der Waals surface area contributed by atoms with Gasteiger partial charge in [-0.1, -0.05) is 36.4 Å². The quantitative estimate of drug-likeness (QED) is 0.207. The molecular formula is C27H33N6O5P. The van der Waals surface area contributed by atoms with E-state index in [1.807, 2.05) is 67.8 Å². The van der Waals surface area contributed by atoms with Crippen LogP contribution in [0.15, 0.2) is 55.1 Å². The van der Waals surface area contributed by atoms with Gasteiger partial charge in [0.2, 0.25) is 0 Å². The maximum Gasteiger partial charge on any atom is 0.323 e. The molecular weight excluding hydrogens is 519 g/mol. The zero-order valence-corrected chi connectivity index (χ0v) is 23.2. The van der Waals surface area contributed by atoms with E-state index in [0.717, 1.165) is 23.6 Å². The standard InChI is InChI=1S/C27H33N6O5P/c1-16(2)35-27(34)17(3)32-39(38-22-11-7-9-19-8-5-6-10-20(19)22)37-18(4)21-12-13-23(36-21)33-15-31-24-25(28)29-14-30-26(24)33/h5-11,14-18,21,23,32H,12-13H2,1-4H3,(H2,28,29,30). The summed E-state index contributed by atoms with van der Waals surface area (Å²) in [4.78, 5) is 25.3. The maximum atomic E-state index is 12.6. The van der Waals surface area contributed by atoms with Crippen molar-refractivity contribution < 1.29 is 23.3 Å². The maximum absolute atomic E-state index is 12.6. The fraction of sp³-hybridized carbons (Fsp3) is 0.407. The number of ether oxygens (including phenoxy) is 2. The Morgan fingerprint density at radius 2 is 1.90 bits per heavy atom. The van der Waals surface area contributed by atoms with Crippen molar-refractivity contribution in [2.75, 3.05) is 5.73 Å². The molecule has 0 aliphatic carbocycles. The summed E-state index contributed by atoms with van der Waals surface area (Å²) in [6.07, 6.45) is 3.56. The Morgan fingerprint density at radius 1 is 1.10 bits per heavy atom. The first-order chi connectivity index (χ1) is 18.8. The Balaban J connectivity index is 1.31. The number of esters is 1. The Bertz CT molecular complexity index is 1440. The predicted octanol–water partition coefficient (Wildman–Crippen LogP) is 4.88. The number of nitrogens with one attached hydrogen (secondary N) is 1. The number of carbonyl (C=O) groups excluding carboxylic acids is 1. The van der Waals surface area contributed by atoms with Crippen LogP contribution in [-0.4, -0.2) is 49.8 Å². The van der Waals surface area contributed by atoms with E-state index in [9.17, 15) is 4.79 Å². The Morgan fingerprint density at radius 3 is 2.72 bits per heavy atom. The predicted molar refractivity (Wildman–Crippen MR) is 149 cm³/mol. The summed E-state index contributed by atoms with van der Waals surface area (Å²) >= 11 is 0. The van der Waals surface area contributed by atoms with Gasteiger partial charge in [-0.15, -0.1) is 0 Å². The molecule has 3 heterocycles. The molecule has 1 aliphatic heterocycles. The number of nitrogens with zero attached hydrogens (tertiary/aromatic N) is 4. The summed E-state index contributed by atoms with van der Waals surface area (Å²) in [5.74, 6) is 0.619. The van der Waals surface area contributed by atoms with Crippen LogP contribution in [0.3, 0.4) is 0 Å². The minimum atomic E-state index is -1.74. The number of imidazole rings is 1. The third kappa shape index (κ3) is 6.12. The molecule has 0 spiro atoms. The number of nitrogens with two attached hydrogens (primary N) is 1. The normalized spacial score (nSPS) is 19.8. The molecule has 5 unspecified atom stereocenters. The lowest BCUT2D eigenvalue weighted by Gasteiger charge is -2.28. The molecule has 5 atom stereocenters. The van der Waals surface area contributed by atoms with E-state index in [1.54, 1.807) is 13.3 Å². The number of carbonyl (C=O) groups is 1. The van der Waals surface area contributed by atoms with Crippen molar-refractivity contribution in [2.45, 2.75) is 71.1 Å². The van der Waals surface area contributed by atoms with Crippen LogP contribution in [0.2, 0.25) is 0 Å². The van der Waals surface area contributed by atoms with Gasteiger partial charge in [0.15, 0.2) is 11.5 Å². The molecule has 5 rings (SSSR count). The minimum Gasteiger partial charge on any atom is -0.462 e. The van der Waals surface area contributed by atoms with E-state index in [1.165, 1.54) is 6.33 Å². The minimum absolute atomic E-state index is 0.215. The van der Waals surface area contributed by atoms with E-state index in [-0.39, 0.29) is 30.5 Å². The van der Waals surface area contributed by atoms with Crippen molar-refractivity contribution in [1.82, 2.24) is 24.6 Å². The van der Waals surface area contributed by atoms with Gasteiger partial charge in [-0.05, 0) is 52.0 Å². The Labute approximate surface area is 228 Å². The largest absolute Gasteiger partial charge is 0.462 e. The van der Waals surface area contributed by atoms with E-state index in [2.05, 4.69) is 20.0 Å². The molecule has 3 N–H and O–H groups in total. The number of aromatic nitrogens is 4. The second-order valence-electron chi connectivity index (χ2n) is 9.76. The number of anilines is 1. The fourth-order valence-electron chi connectivity index (χ4n) is 4.48. The zero-order chi connectivity index (χ0) is 27.5. The van der Waals surface area contributed by atoms with E-state index < -0.39 is 14.6 Å². The van der Waals surface area contributed by atoms with Crippen molar-refractivity contribution in [1.29, 1.82) is 0 Å². The summed E-state index contributed by atoms with van der Waals surface area (Å²) in [7, 11) is -1.74. The molecule has 0 amide bonds. The lowest BCUT2D eigenvalue weighted by atomic mass is 10.1. The molecule has 11 nitrogen and oxygen atoms in total. The summed E-state index contributed by atoms with van der Waals surface area (Å²) < 4.78 is 26.4. The first kappa shape index (κ1) is 27.2. The van der Waals surface area contributed by atoms with E-state index in [4.69, 9.17) is 24.3 Å². The van der Waals surface area contributed by atoms with Crippen LogP contribution in [0.5, 0.6) is 5.75 Å². The number of hydrogen-bond acceptors (Lipinski definition) is 10.